The predicted molar refractivity (Wildman–Crippen MR) is 89.4 cm³/mol. The molecule has 0 aromatic carbocycles. The number of likely N-dealkylation sites (N-methyl/N-ethyl adjacent to an activating group) is 1. The maximum absolute atomic E-state index is 11.8. The molecule has 0 rings (SSSR count). The fourth-order valence-electron chi connectivity index (χ4n) is 1.98. The van der Waals surface area contributed by atoms with Crippen molar-refractivity contribution in [3.8, 4) is 0 Å². The first kappa shape index (κ1) is 21.9. The van der Waals surface area contributed by atoms with E-state index in [2.05, 4.69) is 0 Å². The van der Waals surface area contributed by atoms with E-state index in [1.54, 1.807) is 18.2 Å². The van der Waals surface area contributed by atoms with E-state index in [4.69, 9.17) is 14.9 Å². The average Bonchev–Trinajstić information content (AvgIpc) is 2.38. The van der Waals surface area contributed by atoms with Gasteiger partial charge in [0.05, 0.1) is 40.4 Å². The minimum absolute atomic E-state index is 0.00723. The van der Waals surface area contributed by atoms with Gasteiger partial charge < -0.3 is 19.4 Å². The molecule has 0 bridgehead atoms. The number of carbonyl (C=O) groups excluding carboxylic acids is 1. The van der Waals surface area contributed by atoms with Crippen molar-refractivity contribution < 1.29 is 33.8 Å². The Morgan fingerprint density at radius 1 is 0.917 bits per heavy atom. The second kappa shape index (κ2) is 11.4. The Morgan fingerprint density at radius 3 is 1.92 bits per heavy atom. The molecule has 0 amide bonds. The van der Waals surface area contributed by atoms with Gasteiger partial charge in [0.2, 0.25) is 0 Å². The average molecular weight is 342 g/mol. The van der Waals surface area contributed by atoms with E-state index in [-0.39, 0.29) is 19.3 Å². The molecule has 0 spiro atoms. The topological polar surface area (TPSA) is 101 Å². The normalized spacial score (nSPS) is 13.3. The lowest BCUT2D eigenvalue weighted by atomic mass is 10.2. The lowest BCUT2D eigenvalue weighted by Crippen LogP contribution is -2.43. The van der Waals surface area contributed by atoms with E-state index in [9.17, 15) is 14.4 Å². The second-order valence-electron chi connectivity index (χ2n) is 6.50. The van der Waals surface area contributed by atoms with Gasteiger partial charge in [0.15, 0.2) is 6.10 Å². The summed E-state index contributed by atoms with van der Waals surface area (Å²) in [6.45, 7) is 0.427. The fourth-order valence-corrected chi connectivity index (χ4v) is 1.98. The van der Waals surface area contributed by atoms with Crippen LogP contribution in [0.4, 0.5) is 0 Å². The molecule has 136 valence electrons. The number of ether oxygens (including phenoxy) is 1. The Hall–Kier alpha value is -2.15. The quantitative estimate of drug-likeness (QED) is 0.243. The highest BCUT2D eigenvalue weighted by molar-refractivity contribution is 5.72. The van der Waals surface area contributed by atoms with E-state index >= 15 is 0 Å². The molecule has 2 N–H and O–H groups in total. The number of aliphatic carboxylic acids is 2. The van der Waals surface area contributed by atoms with Gasteiger partial charge in [-0.2, -0.15) is 0 Å². The van der Waals surface area contributed by atoms with Crippen molar-refractivity contribution in [1.82, 2.24) is 0 Å². The number of carbonyl (C=O) groups is 3. The number of rotatable bonds is 12. The zero-order chi connectivity index (χ0) is 18.6. The van der Waals surface area contributed by atoms with Gasteiger partial charge in [-0.1, -0.05) is 24.3 Å². The van der Waals surface area contributed by atoms with Crippen molar-refractivity contribution in [2.24, 2.45) is 0 Å². The van der Waals surface area contributed by atoms with E-state index in [1.807, 2.05) is 27.2 Å². The van der Waals surface area contributed by atoms with Gasteiger partial charge in [0.1, 0.15) is 6.54 Å². The number of carboxylic acid groups (broad SMARTS) is 2. The fraction of sp³-hybridized carbons (Fsp3) is 0.588. The number of nitrogens with zero attached hydrogens (tertiary/aromatic N) is 1. The third-order valence-electron chi connectivity index (χ3n) is 2.86. The molecule has 7 nitrogen and oxygen atoms in total. The van der Waals surface area contributed by atoms with Gasteiger partial charge in [0.25, 0.3) is 0 Å². The summed E-state index contributed by atoms with van der Waals surface area (Å²) < 4.78 is 5.75. The number of unbranched alkanes of at least 4 members (excludes halogenated alkanes) is 1. The van der Waals surface area contributed by atoms with Crippen LogP contribution in [0.1, 0.15) is 32.1 Å². The highest BCUT2D eigenvalue weighted by Crippen LogP contribution is 2.07. The largest absolute Gasteiger partial charge is 0.481 e. The number of hydrogen-bond acceptors (Lipinski definition) is 4. The van der Waals surface area contributed by atoms with Crippen molar-refractivity contribution >= 4 is 17.9 Å². The molecular formula is C17H28NO6+. The van der Waals surface area contributed by atoms with E-state index in [0.29, 0.717) is 23.9 Å². The summed E-state index contributed by atoms with van der Waals surface area (Å²) >= 11 is 0. The summed E-state index contributed by atoms with van der Waals surface area (Å²) in [5.74, 6) is -2.31. The van der Waals surface area contributed by atoms with Crippen LogP contribution in [0, 0.1) is 0 Å². The summed E-state index contributed by atoms with van der Waals surface area (Å²) in [5, 5.41) is 17.3. The van der Waals surface area contributed by atoms with Crippen LogP contribution in [0.5, 0.6) is 0 Å². The third kappa shape index (κ3) is 14.8. The Labute approximate surface area is 142 Å². The predicted octanol–water partition coefficient (Wildman–Crippen LogP) is 1.84. The molecule has 0 aromatic heterocycles. The summed E-state index contributed by atoms with van der Waals surface area (Å²) in [6, 6.07) is 0. The third-order valence-corrected chi connectivity index (χ3v) is 2.86. The van der Waals surface area contributed by atoms with Crippen LogP contribution >= 0.6 is 0 Å². The Balaban J connectivity index is 4.15. The van der Waals surface area contributed by atoms with Crippen LogP contribution in [0.2, 0.25) is 0 Å². The summed E-state index contributed by atoms with van der Waals surface area (Å²) in [4.78, 5) is 32.9. The van der Waals surface area contributed by atoms with E-state index < -0.39 is 24.0 Å². The van der Waals surface area contributed by atoms with E-state index in [0.717, 1.165) is 0 Å². The molecule has 0 aliphatic carbocycles. The van der Waals surface area contributed by atoms with Gasteiger partial charge in [-0.15, -0.1) is 0 Å². The standard InChI is InChI=1S/C17H27NO6/c1-18(2,3)13-14(12-16(21)22)24-17(23)11-9-7-5-4-6-8-10-15(19)20/h6-9,14H,4-5,10-13H2,1-3H3,(H-,19,20,21,22)/p+1/b8-6+,9-7+. The van der Waals surface area contributed by atoms with Crippen molar-refractivity contribution in [2.45, 2.75) is 38.2 Å². The molecule has 7 heteroatoms. The Morgan fingerprint density at radius 2 is 1.46 bits per heavy atom. The molecular weight excluding hydrogens is 314 g/mol. The maximum Gasteiger partial charge on any atom is 0.310 e. The Kier molecular flexibility index (Phi) is 10.4. The number of quaternary nitrogens is 1. The summed E-state index contributed by atoms with van der Waals surface area (Å²) in [7, 11) is 5.71. The van der Waals surface area contributed by atoms with E-state index in [1.165, 1.54) is 0 Å². The van der Waals surface area contributed by atoms with Gasteiger partial charge in [0, 0.05) is 0 Å². The van der Waals surface area contributed by atoms with Crippen LogP contribution in [0.3, 0.4) is 0 Å². The zero-order valence-corrected chi connectivity index (χ0v) is 14.6. The number of hydrogen-bond donors (Lipinski definition) is 2. The number of allylic oxidation sites excluding steroid dienone is 2. The first-order valence-electron chi connectivity index (χ1n) is 7.83. The first-order chi connectivity index (χ1) is 11.1. The van der Waals surface area contributed by atoms with Crippen molar-refractivity contribution in [3.63, 3.8) is 0 Å². The SMILES string of the molecule is C[N+](C)(C)CC(CC(=O)O)OC(=O)C/C=C/CC/C=C/CC(=O)O. The lowest BCUT2D eigenvalue weighted by Gasteiger charge is -2.28. The number of esters is 1. The van der Waals surface area contributed by atoms with Gasteiger partial charge in [-0.05, 0) is 12.8 Å². The van der Waals surface area contributed by atoms with Crippen molar-refractivity contribution in [3.05, 3.63) is 24.3 Å². The van der Waals surface area contributed by atoms with Crippen LogP contribution in [0.25, 0.3) is 0 Å². The first-order valence-corrected chi connectivity index (χ1v) is 7.83. The number of carboxylic acids is 2. The molecule has 1 unspecified atom stereocenters. The molecule has 0 saturated carbocycles. The van der Waals surface area contributed by atoms with Crippen LogP contribution in [-0.4, -0.2) is 66.4 Å². The van der Waals surface area contributed by atoms with Crippen LogP contribution < -0.4 is 0 Å². The molecule has 0 radical (unpaired) electrons. The minimum atomic E-state index is -0.995. The molecule has 0 aliphatic heterocycles. The zero-order valence-electron chi connectivity index (χ0n) is 14.6. The highest BCUT2D eigenvalue weighted by atomic mass is 16.5. The van der Waals surface area contributed by atoms with Crippen LogP contribution in [-0.2, 0) is 19.1 Å². The highest BCUT2D eigenvalue weighted by Gasteiger charge is 2.24. The van der Waals surface area contributed by atoms with Crippen LogP contribution in [0.15, 0.2) is 24.3 Å². The molecule has 0 aromatic rings. The molecule has 0 saturated heterocycles. The molecule has 0 heterocycles. The lowest BCUT2D eigenvalue weighted by molar-refractivity contribution is -0.873. The smallest absolute Gasteiger partial charge is 0.310 e. The van der Waals surface area contributed by atoms with Gasteiger partial charge >= 0.3 is 17.9 Å². The molecule has 24 heavy (non-hydrogen) atoms. The second-order valence-corrected chi connectivity index (χ2v) is 6.50. The Bertz CT molecular complexity index is 476. The molecule has 0 aliphatic rings. The summed E-state index contributed by atoms with van der Waals surface area (Å²) in [6.07, 6.45) is 7.49. The van der Waals surface area contributed by atoms with Gasteiger partial charge in [-0.3, -0.25) is 14.4 Å². The minimum Gasteiger partial charge on any atom is -0.481 e. The molecule has 0 fully saturated rings. The van der Waals surface area contributed by atoms with Crippen molar-refractivity contribution in [1.29, 1.82) is 0 Å². The summed E-state index contributed by atoms with van der Waals surface area (Å²) in [5.41, 5.74) is 0. The molecule has 1 atom stereocenters. The monoisotopic (exact) mass is 342 g/mol. The van der Waals surface area contributed by atoms with Gasteiger partial charge in [-0.25, -0.2) is 0 Å². The van der Waals surface area contributed by atoms with Crippen molar-refractivity contribution in [2.75, 3.05) is 27.7 Å². The maximum atomic E-state index is 11.8.